The molecular weight excluding hydrogens is 122 g/mol. The van der Waals surface area contributed by atoms with E-state index in [4.69, 9.17) is 0 Å². The van der Waals surface area contributed by atoms with Crippen LogP contribution in [-0.2, 0) is 0 Å². The highest BCUT2D eigenvalue weighted by Gasteiger charge is 2.09. The first-order valence-corrected chi connectivity index (χ1v) is 3.74. The van der Waals surface area contributed by atoms with Crippen LogP contribution in [0.2, 0.25) is 0 Å². The summed E-state index contributed by atoms with van der Waals surface area (Å²) < 4.78 is 2.28. The average Bonchev–Trinajstić information content (AvgIpc) is 2.59. The number of nitrogens with zero attached hydrogens (tertiary/aromatic N) is 1. The summed E-state index contributed by atoms with van der Waals surface area (Å²) in [5, 5.41) is 0. The van der Waals surface area contributed by atoms with Gasteiger partial charge in [-0.3, -0.25) is 0 Å². The van der Waals surface area contributed by atoms with Gasteiger partial charge in [0.2, 0.25) is 0 Å². The van der Waals surface area contributed by atoms with Crippen molar-refractivity contribution in [3.05, 3.63) is 36.7 Å². The molecule has 1 aromatic rings. The van der Waals surface area contributed by atoms with Crippen molar-refractivity contribution in [2.75, 3.05) is 0 Å². The number of rotatable bonds is 1. The van der Waals surface area contributed by atoms with Crippen molar-refractivity contribution in [3.8, 4) is 0 Å². The van der Waals surface area contributed by atoms with Gasteiger partial charge in [0, 0.05) is 18.4 Å². The van der Waals surface area contributed by atoms with Crippen LogP contribution in [0.3, 0.4) is 0 Å². The van der Waals surface area contributed by atoms with Crippen LogP contribution in [-0.4, -0.2) is 4.57 Å². The van der Waals surface area contributed by atoms with Gasteiger partial charge in [-0.1, -0.05) is 12.2 Å². The van der Waals surface area contributed by atoms with E-state index in [0.29, 0.717) is 6.04 Å². The van der Waals surface area contributed by atoms with Crippen molar-refractivity contribution in [1.82, 2.24) is 4.57 Å². The molecule has 0 fully saturated rings. The zero-order chi connectivity index (χ0) is 6.81. The van der Waals surface area contributed by atoms with Crippen molar-refractivity contribution in [3.63, 3.8) is 0 Å². The van der Waals surface area contributed by atoms with Crippen molar-refractivity contribution < 1.29 is 0 Å². The fourth-order valence-corrected chi connectivity index (χ4v) is 1.44. The molecule has 0 radical (unpaired) electrons. The van der Waals surface area contributed by atoms with E-state index in [1.54, 1.807) is 0 Å². The molecule has 0 N–H and O–H groups in total. The maximum absolute atomic E-state index is 2.28. The minimum atomic E-state index is 0.704. The Morgan fingerprint density at radius 1 is 1.00 bits per heavy atom. The van der Waals surface area contributed by atoms with Gasteiger partial charge in [0.15, 0.2) is 0 Å². The van der Waals surface area contributed by atoms with Gasteiger partial charge in [0.1, 0.15) is 0 Å². The predicted molar refractivity (Wildman–Crippen MR) is 41.8 cm³/mol. The zero-order valence-electron chi connectivity index (χ0n) is 5.90. The van der Waals surface area contributed by atoms with Gasteiger partial charge < -0.3 is 4.57 Å². The summed E-state index contributed by atoms with van der Waals surface area (Å²) >= 11 is 0. The van der Waals surface area contributed by atoms with Crippen molar-refractivity contribution in [2.45, 2.75) is 18.9 Å². The van der Waals surface area contributed by atoms with Crippen LogP contribution in [0.1, 0.15) is 18.9 Å². The summed E-state index contributed by atoms with van der Waals surface area (Å²) in [6.45, 7) is 0. The van der Waals surface area contributed by atoms with E-state index in [2.05, 4.69) is 41.2 Å². The van der Waals surface area contributed by atoms with E-state index in [9.17, 15) is 0 Å². The van der Waals surface area contributed by atoms with E-state index in [-0.39, 0.29) is 0 Å². The summed E-state index contributed by atoms with van der Waals surface area (Å²) in [6.07, 6.45) is 11.2. The summed E-state index contributed by atoms with van der Waals surface area (Å²) in [4.78, 5) is 0. The lowest BCUT2D eigenvalue weighted by molar-refractivity contribution is 0.538. The molecule has 1 nitrogen and oxygen atoms in total. The highest BCUT2D eigenvalue weighted by atomic mass is 15.0. The lowest BCUT2D eigenvalue weighted by Crippen LogP contribution is -2.00. The molecule has 52 valence electrons. The highest BCUT2D eigenvalue weighted by Crippen LogP contribution is 2.22. The number of allylic oxidation sites excluding steroid dienone is 2. The zero-order valence-corrected chi connectivity index (χ0v) is 5.90. The van der Waals surface area contributed by atoms with Gasteiger partial charge in [-0.2, -0.15) is 0 Å². The molecule has 0 spiro atoms. The van der Waals surface area contributed by atoms with Crippen LogP contribution in [0.25, 0.3) is 0 Å². The van der Waals surface area contributed by atoms with Crippen LogP contribution in [0.4, 0.5) is 0 Å². The van der Waals surface area contributed by atoms with Crippen molar-refractivity contribution in [2.24, 2.45) is 0 Å². The third-order valence-corrected chi connectivity index (χ3v) is 2.03. The smallest absolute Gasteiger partial charge is 0.0399 e. The van der Waals surface area contributed by atoms with E-state index in [1.165, 1.54) is 12.8 Å². The van der Waals surface area contributed by atoms with Crippen LogP contribution in [0, 0.1) is 0 Å². The largest absolute Gasteiger partial charge is 0.351 e. The van der Waals surface area contributed by atoms with Crippen molar-refractivity contribution in [1.29, 1.82) is 0 Å². The average molecular weight is 133 g/mol. The van der Waals surface area contributed by atoms with Crippen LogP contribution < -0.4 is 0 Å². The minimum absolute atomic E-state index is 0.704. The Hall–Kier alpha value is -0.980. The molecule has 0 amide bonds. The molecule has 1 heterocycles. The highest BCUT2D eigenvalue weighted by molar-refractivity contribution is 5.01. The van der Waals surface area contributed by atoms with Crippen LogP contribution >= 0.6 is 0 Å². The van der Waals surface area contributed by atoms with E-state index in [1.807, 2.05) is 0 Å². The second-order valence-corrected chi connectivity index (χ2v) is 2.73. The topological polar surface area (TPSA) is 4.93 Å². The molecule has 1 aromatic heterocycles. The summed E-state index contributed by atoms with van der Waals surface area (Å²) in [5.74, 6) is 0. The summed E-state index contributed by atoms with van der Waals surface area (Å²) in [6, 6.07) is 4.87. The fraction of sp³-hybridized carbons (Fsp3) is 0.333. The Labute approximate surface area is 61.0 Å². The van der Waals surface area contributed by atoms with Gasteiger partial charge in [0.05, 0.1) is 0 Å². The second-order valence-electron chi connectivity index (χ2n) is 2.73. The second kappa shape index (κ2) is 2.33. The van der Waals surface area contributed by atoms with Crippen LogP contribution in [0.15, 0.2) is 36.7 Å². The third kappa shape index (κ3) is 0.878. The quantitative estimate of drug-likeness (QED) is 0.518. The molecule has 0 bridgehead atoms. The molecule has 1 aliphatic rings. The monoisotopic (exact) mass is 133 g/mol. The van der Waals surface area contributed by atoms with E-state index < -0.39 is 0 Å². The Morgan fingerprint density at radius 3 is 2.20 bits per heavy atom. The van der Waals surface area contributed by atoms with E-state index in [0.717, 1.165) is 0 Å². The van der Waals surface area contributed by atoms with Gasteiger partial charge in [0.25, 0.3) is 0 Å². The number of hydrogen-bond acceptors (Lipinski definition) is 0. The first-order valence-electron chi connectivity index (χ1n) is 3.74. The SMILES string of the molecule is C1=CCC(n2cccc2)C1. The molecule has 0 unspecified atom stereocenters. The van der Waals surface area contributed by atoms with Crippen molar-refractivity contribution >= 4 is 0 Å². The maximum Gasteiger partial charge on any atom is 0.0399 e. The Morgan fingerprint density at radius 2 is 1.60 bits per heavy atom. The molecular formula is C9H11N. The molecule has 2 rings (SSSR count). The first kappa shape index (κ1) is 5.78. The molecule has 0 aromatic carbocycles. The molecule has 0 atom stereocenters. The molecule has 10 heavy (non-hydrogen) atoms. The molecule has 1 heteroatoms. The van der Waals surface area contributed by atoms with Crippen LogP contribution in [0.5, 0.6) is 0 Å². The first-order chi connectivity index (χ1) is 4.97. The molecule has 1 aliphatic carbocycles. The third-order valence-electron chi connectivity index (χ3n) is 2.03. The Balaban J connectivity index is 2.14. The van der Waals surface area contributed by atoms with E-state index >= 15 is 0 Å². The summed E-state index contributed by atoms with van der Waals surface area (Å²) in [7, 11) is 0. The minimum Gasteiger partial charge on any atom is -0.351 e. The maximum atomic E-state index is 2.28. The van der Waals surface area contributed by atoms with Gasteiger partial charge >= 0.3 is 0 Å². The number of hydrogen-bond donors (Lipinski definition) is 0. The fourth-order valence-electron chi connectivity index (χ4n) is 1.44. The number of aromatic nitrogens is 1. The Kier molecular flexibility index (Phi) is 1.35. The van der Waals surface area contributed by atoms with Gasteiger partial charge in [-0.25, -0.2) is 0 Å². The summed E-state index contributed by atoms with van der Waals surface area (Å²) in [5.41, 5.74) is 0. The Bertz CT molecular complexity index is 213. The molecule has 0 saturated carbocycles. The predicted octanol–water partition coefficient (Wildman–Crippen LogP) is 2.38. The lowest BCUT2D eigenvalue weighted by atomic mass is 10.2. The van der Waals surface area contributed by atoms with Gasteiger partial charge in [-0.05, 0) is 25.0 Å². The molecule has 0 aliphatic heterocycles. The standard InChI is InChI=1S/C9H11N/c1-2-6-9(5-1)10-7-3-4-8-10/h1-4,7-9H,5-6H2. The lowest BCUT2D eigenvalue weighted by Gasteiger charge is -2.10. The molecule has 0 saturated heterocycles. The normalized spacial score (nSPS) is 18.4. The van der Waals surface area contributed by atoms with Gasteiger partial charge in [-0.15, -0.1) is 0 Å².